The topological polar surface area (TPSA) is 52.9 Å². The van der Waals surface area contributed by atoms with Crippen molar-refractivity contribution in [3.63, 3.8) is 0 Å². The lowest BCUT2D eigenvalue weighted by Gasteiger charge is -2.09. The van der Waals surface area contributed by atoms with Crippen molar-refractivity contribution in [1.29, 1.82) is 5.26 Å². The number of benzene rings is 1. The molecule has 0 saturated carbocycles. The summed E-state index contributed by atoms with van der Waals surface area (Å²) in [6.07, 6.45) is 3.02. The molecule has 0 saturated heterocycles. The summed E-state index contributed by atoms with van der Waals surface area (Å²) in [7, 11) is 0. The van der Waals surface area contributed by atoms with Crippen LogP contribution in [0.15, 0.2) is 24.3 Å². The van der Waals surface area contributed by atoms with E-state index >= 15 is 0 Å². The Morgan fingerprint density at radius 1 is 1.47 bits per heavy atom. The first-order valence-corrected chi connectivity index (χ1v) is 6.77. The van der Waals surface area contributed by atoms with E-state index < -0.39 is 0 Å². The molecule has 90 valence electrons. The highest BCUT2D eigenvalue weighted by molar-refractivity contribution is 7.99. The lowest BCUT2D eigenvalue weighted by Crippen LogP contribution is -2.25. The van der Waals surface area contributed by atoms with Crippen LogP contribution in [0.25, 0.3) is 0 Å². The van der Waals surface area contributed by atoms with Gasteiger partial charge in [-0.05, 0) is 36.9 Å². The summed E-state index contributed by atoms with van der Waals surface area (Å²) < 4.78 is 0. The summed E-state index contributed by atoms with van der Waals surface area (Å²) in [5, 5.41) is 12.1. The molecule has 0 spiro atoms. The third-order valence-corrected chi connectivity index (χ3v) is 3.56. The maximum absolute atomic E-state index is 11.7. The van der Waals surface area contributed by atoms with E-state index in [9.17, 15) is 4.79 Å². The molecule has 1 N–H and O–H groups in total. The van der Waals surface area contributed by atoms with E-state index in [0.29, 0.717) is 22.9 Å². The number of hydrogen-bond donors (Lipinski definition) is 1. The summed E-state index contributed by atoms with van der Waals surface area (Å²) in [6, 6.07) is 8.67. The Balaban J connectivity index is 2.44. The number of nitriles is 1. The van der Waals surface area contributed by atoms with Crippen molar-refractivity contribution in [2.45, 2.75) is 18.6 Å². The quantitative estimate of drug-likeness (QED) is 0.870. The summed E-state index contributed by atoms with van der Waals surface area (Å²) in [4.78, 5) is 11.7. The Morgan fingerprint density at radius 3 is 2.65 bits per heavy atom. The first kappa shape index (κ1) is 13.6. The number of amides is 1. The van der Waals surface area contributed by atoms with Crippen LogP contribution in [0.3, 0.4) is 0 Å². The molecular formula is C13H16N2OS. The Hall–Kier alpha value is -1.47. The largest absolute Gasteiger partial charge is 0.352 e. The number of hydrogen-bond acceptors (Lipinski definition) is 3. The van der Waals surface area contributed by atoms with Crippen molar-refractivity contribution < 1.29 is 4.79 Å². The van der Waals surface area contributed by atoms with Crippen LogP contribution in [-0.2, 0) is 0 Å². The van der Waals surface area contributed by atoms with Crippen molar-refractivity contribution in [2.75, 3.05) is 12.8 Å². The van der Waals surface area contributed by atoms with E-state index in [4.69, 9.17) is 5.26 Å². The van der Waals surface area contributed by atoms with E-state index in [1.54, 1.807) is 36.0 Å². The zero-order valence-corrected chi connectivity index (χ0v) is 10.9. The lowest BCUT2D eigenvalue weighted by molar-refractivity contribution is 0.0953. The predicted molar refractivity (Wildman–Crippen MR) is 71.1 cm³/mol. The predicted octanol–water partition coefficient (Wildman–Crippen LogP) is 2.43. The third kappa shape index (κ3) is 4.49. The second kappa shape index (κ2) is 6.97. The summed E-state index contributed by atoms with van der Waals surface area (Å²) in [6.45, 7) is 2.82. The molecule has 0 radical (unpaired) electrons. The van der Waals surface area contributed by atoms with Crippen molar-refractivity contribution in [1.82, 2.24) is 5.32 Å². The van der Waals surface area contributed by atoms with E-state index in [-0.39, 0.29) is 5.91 Å². The van der Waals surface area contributed by atoms with Gasteiger partial charge in [0.1, 0.15) is 0 Å². The molecule has 1 rings (SSSR count). The Bertz CT molecular complexity index is 408. The van der Waals surface area contributed by atoms with Crippen molar-refractivity contribution in [3.05, 3.63) is 35.4 Å². The van der Waals surface area contributed by atoms with Gasteiger partial charge in [0.05, 0.1) is 11.6 Å². The smallest absolute Gasteiger partial charge is 0.251 e. The van der Waals surface area contributed by atoms with Gasteiger partial charge in [-0.15, -0.1) is 0 Å². The van der Waals surface area contributed by atoms with Crippen LogP contribution < -0.4 is 5.32 Å². The maximum Gasteiger partial charge on any atom is 0.251 e. The fourth-order valence-corrected chi connectivity index (χ4v) is 1.66. The number of rotatable bonds is 5. The first-order valence-electron chi connectivity index (χ1n) is 5.48. The maximum atomic E-state index is 11.7. The molecule has 4 heteroatoms. The molecule has 1 unspecified atom stereocenters. The van der Waals surface area contributed by atoms with Crippen LogP contribution in [0, 0.1) is 11.3 Å². The molecule has 0 heterocycles. The minimum absolute atomic E-state index is 0.0807. The van der Waals surface area contributed by atoms with Crippen LogP contribution in [0.4, 0.5) is 0 Å². The molecule has 1 aromatic rings. The molecule has 1 amide bonds. The Kier molecular flexibility index (Phi) is 5.58. The zero-order chi connectivity index (χ0) is 12.7. The molecule has 0 aliphatic rings. The molecule has 0 bridgehead atoms. The second-order valence-corrected chi connectivity index (χ2v) is 5.06. The van der Waals surface area contributed by atoms with Gasteiger partial charge >= 0.3 is 0 Å². The van der Waals surface area contributed by atoms with E-state index in [1.165, 1.54) is 0 Å². The Labute approximate surface area is 106 Å². The van der Waals surface area contributed by atoms with E-state index in [0.717, 1.165) is 6.42 Å². The highest BCUT2D eigenvalue weighted by Gasteiger charge is 2.05. The van der Waals surface area contributed by atoms with Gasteiger partial charge < -0.3 is 5.32 Å². The van der Waals surface area contributed by atoms with Crippen LogP contribution in [0.5, 0.6) is 0 Å². The molecule has 1 atom stereocenters. The summed E-state index contributed by atoms with van der Waals surface area (Å²) in [5.74, 6) is -0.0807. The fourth-order valence-electron chi connectivity index (χ4n) is 1.31. The minimum atomic E-state index is -0.0807. The normalized spacial score (nSPS) is 11.6. The number of nitrogens with one attached hydrogen (secondary N) is 1. The van der Waals surface area contributed by atoms with Gasteiger partial charge in [-0.2, -0.15) is 17.0 Å². The average molecular weight is 248 g/mol. The molecular weight excluding hydrogens is 232 g/mol. The van der Waals surface area contributed by atoms with Crippen LogP contribution in [-0.4, -0.2) is 24.0 Å². The van der Waals surface area contributed by atoms with Gasteiger partial charge in [0, 0.05) is 17.4 Å². The fraction of sp³-hybridized carbons (Fsp3) is 0.385. The van der Waals surface area contributed by atoms with Gasteiger partial charge in [-0.1, -0.05) is 6.92 Å². The number of nitrogens with zero attached hydrogens (tertiary/aromatic N) is 1. The standard InChI is InChI=1S/C13H16N2OS/c1-10(17-2)7-8-15-13(16)12-5-3-11(9-14)4-6-12/h3-6,10H,7-8H2,1-2H3,(H,15,16). The van der Waals surface area contributed by atoms with Crippen molar-refractivity contribution in [3.8, 4) is 6.07 Å². The van der Waals surface area contributed by atoms with Crippen molar-refractivity contribution in [2.24, 2.45) is 0 Å². The SMILES string of the molecule is CSC(C)CCNC(=O)c1ccc(C#N)cc1. The van der Waals surface area contributed by atoms with E-state index in [2.05, 4.69) is 18.5 Å². The number of carbonyl (C=O) groups excluding carboxylic acids is 1. The monoisotopic (exact) mass is 248 g/mol. The summed E-state index contributed by atoms with van der Waals surface area (Å²) in [5.41, 5.74) is 1.17. The first-order chi connectivity index (χ1) is 8.17. The van der Waals surface area contributed by atoms with Gasteiger partial charge in [0.15, 0.2) is 0 Å². The highest BCUT2D eigenvalue weighted by atomic mass is 32.2. The summed E-state index contributed by atoms with van der Waals surface area (Å²) >= 11 is 1.79. The van der Waals surface area contributed by atoms with Crippen LogP contribution in [0.2, 0.25) is 0 Å². The number of carbonyl (C=O) groups is 1. The van der Waals surface area contributed by atoms with Crippen molar-refractivity contribution >= 4 is 17.7 Å². The minimum Gasteiger partial charge on any atom is -0.352 e. The zero-order valence-electron chi connectivity index (χ0n) is 10.1. The van der Waals surface area contributed by atoms with Crippen LogP contribution >= 0.6 is 11.8 Å². The second-order valence-electron chi connectivity index (χ2n) is 3.78. The van der Waals surface area contributed by atoms with Gasteiger partial charge in [-0.3, -0.25) is 4.79 Å². The molecule has 1 aromatic carbocycles. The molecule has 0 aromatic heterocycles. The average Bonchev–Trinajstić information content (AvgIpc) is 2.38. The molecule has 0 aliphatic heterocycles. The molecule has 0 fully saturated rings. The molecule has 3 nitrogen and oxygen atoms in total. The van der Waals surface area contributed by atoms with Gasteiger partial charge in [0.2, 0.25) is 0 Å². The van der Waals surface area contributed by atoms with Gasteiger partial charge in [0.25, 0.3) is 5.91 Å². The third-order valence-electron chi connectivity index (χ3n) is 2.51. The lowest BCUT2D eigenvalue weighted by atomic mass is 10.1. The van der Waals surface area contributed by atoms with E-state index in [1.807, 2.05) is 6.07 Å². The molecule has 17 heavy (non-hydrogen) atoms. The number of thioether (sulfide) groups is 1. The van der Waals surface area contributed by atoms with Crippen LogP contribution in [0.1, 0.15) is 29.3 Å². The molecule has 0 aliphatic carbocycles. The van der Waals surface area contributed by atoms with Gasteiger partial charge in [-0.25, -0.2) is 0 Å². The Morgan fingerprint density at radius 2 is 2.12 bits per heavy atom. The highest BCUT2D eigenvalue weighted by Crippen LogP contribution is 2.08.